The Kier molecular flexibility index (Phi) is 5.47. The van der Waals surface area contributed by atoms with Gasteiger partial charge < -0.3 is 4.74 Å². The van der Waals surface area contributed by atoms with Gasteiger partial charge in [-0.1, -0.05) is 35.9 Å². The molecule has 0 aliphatic rings. The molecule has 1 aromatic rings. The van der Waals surface area contributed by atoms with Crippen molar-refractivity contribution in [3.05, 3.63) is 48.0 Å². The fourth-order valence-corrected chi connectivity index (χ4v) is 1.80. The molecule has 2 nitrogen and oxygen atoms in total. The SMILES string of the molecule is C=CCC(CC(=O)OCC)c1ccc(C)cc1. The molecule has 0 spiro atoms. The summed E-state index contributed by atoms with van der Waals surface area (Å²) >= 11 is 0. The van der Waals surface area contributed by atoms with E-state index in [4.69, 9.17) is 4.74 Å². The summed E-state index contributed by atoms with van der Waals surface area (Å²) in [6, 6.07) is 8.28. The second-order valence-corrected chi connectivity index (χ2v) is 4.14. The van der Waals surface area contributed by atoms with Crippen LogP contribution in [0.25, 0.3) is 0 Å². The average Bonchev–Trinajstić information content (AvgIpc) is 2.30. The van der Waals surface area contributed by atoms with E-state index in [2.05, 4.69) is 37.8 Å². The Morgan fingerprint density at radius 1 is 1.41 bits per heavy atom. The zero-order chi connectivity index (χ0) is 12.7. The van der Waals surface area contributed by atoms with Crippen LogP contribution in [0.4, 0.5) is 0 Å². The first-order valence-corrected chi connectivity index (χ1v) is 6.00. The minimum atomic E-state index is -0.139. The van der Waals surface area contributed by atoms with E-state index in [1.807, 2.05) is 13.0 Å². The summed E-state index contributed by atoms with van der Waals surface area (Å²) in [5.41, 5.74) is 2.39. The molecule has 0 aliphatic heterocycles. The lowest BCUT2D eigenvalue weighted by atomic mass is 9.92. The third-order valence-electron chi connectivity index (χ3n) is 2.72. The second-order valence-electron chi connectivity index (χ2n) is 4.14. The largest absolute Gasteiger partial charge is 0.466 e. The second kappa shape index (κ2) is 6.89. The molecule has 0 aliphatic carbocycles. The quantitative estimate of drug-likeness (QED) is 0.553. The van der Waals surface area contributed by atoms with Crippen molar-refractivity contribution >= 4 is 5.97 Å². The highest BCUT2D eigenvalue weighted by Gasteiger charge is 2.15. The van der Waals surface area contributed by atoms with Crippen molar-refractivity contribution in [3.63, 3.8) is 0 Å². The Labute approximate surface area is 103 Å². The molecule has 0 fully saturated rings. The number of carbonyl (C=O) groups excluding carboxylic acids is 1. The fraction of sp³-hybridized carbons (Fsp3) is 0.400. The molecule has 1 atom stereocenters. The summed E-state index contributed by atoms with van der Waals surface area (Å²) in [6.07, 6.45) is 3.06. The lowest BCUT2D eigenvalue weighted by Crippen LogP contribution is -2.10. The molecule has 0 saturated carbocycles. The van der Waals surface area contributed by atoms with Crippen LogP contribution >= 0.6 is 0 Å². The van der Waals surface area contributed by atoms with Gasteiger partial charge in [0.05, 0.1) is 13.0 Å². The van der Waals surface area contributed by atoms with Crippen molar-refractivity contribution in [1.29, 1.82) is 0 Å². The van der Waals surface area contributed by atoms with Crippen molar-refractivity contribution in [1.82, 2.24) is 0 Å². The van der Waals surface area contributed by atoms with Gasteiger partial charge in [0, 0.05) is 0 Å². The van der Waals surface area contributed by atoms with Crippen molar-refractivity contribution in [3.8, 4) is 0 Å². The number of hydrogen-bond acceptors (Lipinski definition) is 2. The third kappa shape index (κ3) is 4.43. The van der Waals surface area contributed by atoms with Crippen molar-refractivity contribution in [2.24, 2.45) is 0 Å². The van der Waals surface area contributed by atoms with E-state index in [0.29, 0.717) is 13.0 Å². The maximum Gasteiger partial charge on any atom is 0.306 e. The normalized spacial score (nSPS) is 11.9. The van der Waals surface area contributed by atoms with Gasteiger partial charge in [-0.2, -0.15) is 0 Å². The van der Waals surface area contributed by atoms with Crippen LogP contribution in [0.1, 0.15) is 36.8 Å². The van der Waals surface area contributed by atoms with E-state index >= 15 is 0 Å². The van der Waals surface area contributed by atoms with Crippen LogP contribution in [0, 0.1) is 6.92 Å². The molecule has 1 unspecified atom stereocenters. The number of benzene rings is 1. The molecule has 92 valence electrons. The standard InChI is InChI=1S/C15H20O2/c1-4-6-14(11-15(16)17-5-2)13-9-7-12(3)8-10-13/h4,7-10,14H,1,5-6,11H2,2-3H3. The Bertz CT molecular complexity index is 365. The fourth-order valence-electron chi connectivity index (χ4n) is 1.80. The molecule has 0 bridgehead atoms. The Morgan fingerprint density at radius 2 is 2.06 bits per heavy atom. The Balaban J connectivity index is 2.74. The van der Waals surface area contributed by atoms with E-state index in [9.17, 15) is 4.79 Å². The third-order valence-corrected chi connectivity index (χ3v) is 2.72. The van der Waals surface area contributed by atoms with E-state index in [0.717, 1.165) is 6.42 Å². The minimum absolute atomic E-state index is 0.139. The average molecular weight is 232 g/mol. The van der Waals surface area contributed by atoms with Crippen LogP contribution in [0.15, 0.2) is 36.9 Å². The molecular weight excluding hydrogens is 212 g/mol. The predicted octanol–water partition coefficient (Wildman–Crippen LogP) is 3.61. The van der Waals surface area contributed by atoms with Gasteiger partial charge in [-0.15, -0.1) is 6.58 Å². The van der Waals surface area contributed by atoms with E-state index in [1.54, 1.807) is 0 Å². The van der Waals surface area contributed by atoms with E-state index in [-0.39, 0.29) is 11.9 Å². The van der Waals surface area contributed by atoms with Gasteiger partial charge in [0.2, 0.25) is 0 Å². The summed E-state index contributed by atoms with van der Waals surface area (Å²) in [6.45, 7) is 8.06. The molecule has 0 N–H and O–H groups in total. The molecule has 0 aromatic heterocycles. The number of carbonyl (C=O) groups is 1. The predicted molar refractivity (Wildman–Crippen MR) is 70.0 cm³/mol. The monoisotopic (exact) mass is 232 g/mol. The number of rotatable bonds is 6. The summed E-state index contributed by atoms with van der Waals surface area (Å²) in [4.78, 5) is 11.5. The maximum absolute atomic E-state index is 11.5. The number of hydrogen-bond donors (Lipinski definition) is 0. The summed E-state index contributed by atoms with van der Waals surface area (Å²) < 4.78 is 4.99. The van der Waals surface area contributed by atoms with Gasteiger partial charge in [-0.25, -0.2) is 0 Å². The van der Waals surface area contributed by atoms with Crippen molar-refractivity contribution in [2.75, 3.05) is 6.61 Å². The zero-order valence-corrected chi connectivity index (χ0v) is 10.6. The number of ether oxygens (including phenoxy) is 1. The van der Waals surface area contributed by atoms with E-state index < -0.39 is 0 Å². The van der Waals surface area contributed by atoms with E-state index in [1.165, 1.54) is 11.1 Å². The van der Waals surface area contributed by atoms with Gasteiger partial charge in [-0.3, -0.25) is 4.79 Å². The summed E-state index contributed by atoms with van der Waals surface area (Å²) in [7, 11) is 0. The Morgan fingerprint density at radius 3 is 2.59 bits per heavy atom. The van der Waals surface area contributed by atoms with Crippen LogP contribution in [-0.2, 0) is 9.53 Å². The molecule has 17 heavy (non-hydrogen) atoms. The molecule has 0 heterocycles. The highest BCUT2D eigenvalue weighted by Crippen LogP contribution is 2.24. The maximum atomic E-state index is 11.5. The number of esters is 1. The first-order valence-electron chi connectivity index (χ1n) is 6.00. The summed E-state index contributed by atoms with van der Waals surface area (Å²) in [5, 5.41) is 0. The first-order chi connectivity index (χ1) is 8.17. The topological polar surface area (TPSA) is 26.3 Å². The number of aryl methyl sites for hydroxylation is 1. The molecule has 0 amide bonds. The zero-order valence-electron chi connectivity index (χ0n) is 10.6. The van der Waals surface area contributed by atoms with Crippen molar-refractivity contribution < 1.29 is 9.53 Å². The molecule has 1 aromatic carbocycles. The first kappa shape index (κ1) is 13.5. The molecule has 0 saturated heterocycles. The van der Waals surface area contributed by atoms with Crippen LogP contribution in [0.2, 0.25) is 0 Å². The van der Waals surface area contributed by atoms with Crippen LogP contribution in [-0.4, -0.2) is 12.6 Å². The lowest BCUT2D eigenvalue weighted by Gasteiger charge is -2.14. The molecule has 0 radical (unpaired) electrons. The van der Waals surface area contributed by atoms with Gasteiger partial charge in [-0.05, 0) is 31.7 Å². The number of allylic oxidation sites excluding steroid dienone is 1. The lowest BCUT2D eigenvalue weighted by molar-refractivity contribution is -0.143. The van der Waals surface area contributed by atoms with Crippen LogP contribution < -0.4 is 0 Å². The highest BCUT2D eigenvalue weighted by atomic mass is 16.5. The smallest absolute Gasteiger partial charge is 0.306 e. The molecule has 2 heteroatoms. The van der Waals surface area contributed by atoms with Crippen LogP contribution in [0.3, 0.4) is 0 Å². The summed E-state index contributed by atoms with van der Waals surface area (Å²) in [5.74, 6) is 0.0343. The van der Waals surface area contributed by atoms with Gasteiger partial charge in [0.15, 0.2) is 0 Å². The Hall–Kier alpha value is -1.57. The highest BCUT2D eigenvalue weighted by molar-refractivity contribution is 5.70. The van der Waals surface area contributed by atoms with Crippen molar-refractivity contribution in [2.45, 2.75) is 32.6 Å². The van der Waals surface area contributed by atoms with Gasteiger partial charge >= 0.3 is 5.97 Å². The molecular formula is C15H20O2. The minimum Gasteiger partial charge on any atom is -0.466 e. The van der Waals surface area contributed by atoms with Gasteiger partial charge in [0.25, 0.3) is 0 Å². The van der Waals surface area contributed by atoms with Crippen LogP contribution in [0.5, 0.6) is 0 Å². The molecule has 1 rings (SSSR count). The van der Waals surface area contributed by atoms with Gasteiger partial charge in [0.1, 0.15) is 0 Å².